The molecule has 0 aliphatic rings. The molecule has 0 aliphatic heterocycles. The van der Waals surface area contributed by atoms with Crippen molar-refractivity contribution in [2.24, 2.45) is 0 Å². The molecule has 0 fully saturated rings. The molecule has 82 valence electrons. The maximum absolute atomic E-state index is 11.7. The minimum absolute atomic E-state index is 0.0688. The van der Waals surface area contributed by atoms with Crippen LogP contribution in [0.3, 0.4) is 0 Å². The molecule has 15 heavy (non-hydrogen) atoms. The summed E-state index contributed by atoms with van der Waals surface area (Å²) in [6.45, 7) is 2.60. The molecule has 1 aromatic carbocycles. The summed E-state index contributed by atoms with van der Waals surface area (Å²) >= 11 is 10.1. The number of carbonyl (C=O) groups is 1. The summed E-state index contributed by atoms with van der Waals surface area (Å²) in [5.74, 6) is -0.0688. The van der Waals surface area contributed by atoms with Gasteiger partial charge in [-0.25, -0.2) is 0 Å². The van der Waals surface area contributed by atoms with Gasteiger partial charge in [0, 0.05) is 20.3 Å². The number of rotatable bonds is 3. The number of hydrogen-bond acceptors (Lipinski definition) is 1. The molecular weight excluding hydrogens is 390 g/mol. The lowest BCUT2D eigenvalue weighted by atomic mass is 10.2. The van der Waals surface area contributed by atoms with Crippen molar-refractivity contribution in [3.05, 3.63) is 32.7 Å². The van der Waals surface area contributed by atoms with Gasteiger partial charge in [0.15, 0.2) is 0 Å². The smallest absolute Gasteiger partial charge is 0.252 e. The fraction of sp³-hybridized carbons (Fsp3) is 0.300. The summed E-state index contributed by atoms with van der Waals surface area (Å²) in [5, 5.41) is 2.83. The number of amides is 1. The third-order valence-electron chi connectivity index (χ3n) is 1.72. The van der Waals surface area contributed by atoms with E-state index in [0.717, 1.165) is 8.95 Å². The van der Waals surface area contributed by atoms with Crippen LogP contribution in [0.1, 0.15) is 17.3 Å². The Labute approximate surface area is 114 Å². The van der Waals surface area contributed by atoms with Gasteiger partial charge in [-0.2, -0.15) is 0 Å². The fourth-order valence-electron chi connectivity index (χ4n) is 1.00. The first-order valence-electron chi connectivity index (χ1n) is 4.38. The van der Waals surface area contributed by atoms with Gasteiger partial charge in [0.1, 0.15) is 0 Å². The lowest BCUT2D eigenvalue weighted by molar-refractivity contribution is 0.0953. The molecule has 0 spiro atoms. The van der Waals surface area contributed by atoms with Gasteiger partial charge in [-0.3, -0.25) is 4.79 Å². The van der Waals surface area contributed by atoms with Gasteiger partial charge in [-0.1, -0.05) is 38.8 Å². The number of hydrogen-bond donors (Lipinski definition) is 1. The Hall–Kier alpha value is 0.130. The molecule has 0 heterocycles. The predicted octanol–water partition coefficient (Wildman–Crippen LogP) is 3.72. The zero-order valence-electron chi connectivity index (χ0n) is 8.06. The Morgan fingerprint density at radius 2 is 2.13 bits per heavy atom. The van der Waals surface area contributed by atoms with E-state index in [4.69, 9.17) is 0 Å². The topological polar surface area (TPSA) is 29.1 Å². The molecule has 1 atom stereocenters. The second-order valence-corrected chi connectivity index (χ2v) is 6.45. The van der Waals surface area contributed by atoms with E-state index in [0.29, 0.717) is 12.1 Å². The van der Waals surface area contributed by atoms with E-state index in [2.05, 4.69) is 53.1 Å². The minimum atomic E-state index is -0.0688. The van der Waals surface area contributed by atoms with Gasteiger partial charge in [0.2, 0.25) is 0 Å². The summed E-state index contributed by atoms with van der Waals surface area (Å²) in [4.78, 5) is 12.0. The molecule has 0 bridgehead atoms. The van der Waals surface area contributed by atoms with Crippen molar-refractivity contribution in [3.63, 3.8) is 0 Å². The highest BCUT2D eigenvalue weighted by Gasteiger charge is 2.10. The molecule has 0 aromatic heterocycles. The van der Waals surface area contributed by atoms with Crippen LogP contribution < -0.4 is 5.32 Å². The Balaban J connectivity index is 2.74. The largest absolute Gasteiger partial charge is 0.351 e. The van der Waals surface area contributed by atoms with Gasteiger partial charge < -0.3 is 5.32 Å². The van der Waals surface area contributed by atoms with Gasteiger partial charge in [-0.05, 0) is 34.1 Å². The van der Waals surface area contributed by atoms with Crippen molar-refractivity contribution in [1.29, 1.82) is 0 Å². The number of nitrogens with one attached hydrogen (secondary N) is 1. The number of benzene rings is 1. The lowest BCUT2D eigenvalue weighted by Crippen LogP contribution is -2.28. The highest BCUT2D eigenvalue weighted by atomic mass is 79.9. The van der Waals surface area contributed by atoms with Crippen LogP contribution in [0.5, 0.6) is 0 Å². The summed E-state index contributed by atoms with van der Waals surface area (Å²) in [7, 11) is 0. The Kier molecular flexibility index (Phi) is 5.29. The zero-order valence-corrected chi connectivity index (χ0v) is 12.8. The van der Waals surface area contributed by atoms with E-state index < -0.39 is 0 Å². The van der Waals surface area contributed by atoms with Gasteiger partial charge in [-0.15, -0.1) is 0 Å². The lowest BCUT2D eigenvalue weighted by Gasteiger charge is -2.08. The molecular formula is C10H10Br3NO. The van der Waals surface area contributed by atoms with Crippen LogP contribution in [-0.4, -0.2) is 17.3 Å². The molecule has 1 rings (SSSR count). The second-order valence-electron chi connectivity index (χ2n) is 3.11. The van der Waals surface area contributed by atoms with Crippen molar-refractivity contribution >= 4 is 53.7 Å². The molecule has 5 heteroatoms. The molecule has 1 aromatic rings. The van der Waals surface area contributed by atoms with Crippen molar-refractivity contribution in [3.8, 4) is 0 Å². The van der Waals surface area contributed by atoms with E-state index >= 15 is 0 Å². The maximum atomic E-state index is 11.7. The van der Waals surface area contributed by atoms with Gasteiger partial charge in [0.05, 0.1) is 5.56 Å². The number of carbonyl (C=O) groups excluding carboxylic acids is 1. The molecule has 0 saturated carbocycles. The molecule has 0 saturated heterocycles. The first kappa shape index (κ1) is 13.2. The fourth-order valence-corrected chi connectivity index (χ4v) is 2.39. The first-order valence-corrected chi connectivity index (χ1v) is 6.88. The minimum Gasteiger partial charge on any atom is -0.351 e. The average molecular weight is 400 g/mol. The van der Waals surface area contributed by atoms with Crippen LogP contribution >= 0.6 is 47.8 Å². The van der Waals surface area contributed by atoms with Crippen molar-refractivity contribution in [2.75, 3.05) is 6.54 Å². The summed E-state index contributed by atoms with van der Waals surface area (Å²) in [6, 6.07) is 5.48. The Morgan fingerprint density at radius 3 is 2.67 bits per heavy atom. The molecule has 0 radical (unpaired) electrons. The third-order valence-corrected chi connectivity index (χ3v) is 3.19. The quantitative estimate of drug-likeness (QED) is 0.771. The van der Waals surface area contributed by atoms with Gasteiger partial charge in [0.25, 0.3) is 5.91 Å². The van der Waals surface area contributed by atoms with Crippen LogP contribution in [0, 0.1) is 0 Å². The van der Waals surface area contributed by atoms with Crippen molar-refractivity contribution in [2.45, 2.75) is 11.8 Å². The summed E-state index contributed by atoms with van der Waals surface area (Å²) in [6.07, 6.45) is 0. The van der Waals surface area contributed by atoms with Crippen LogP contribution in [-0.2, 0) is 0 Å². The molecule has 1 amide bonds. The first-order chi connectivity index (χ1) is 7.00. The molecule has 2 nitrogen and oxygen atoms in total. The second kappa shape index (κ2) is 6.01. The normalized spacial score (nSPS) is 12.3. The summed E-state index contributed by atoms with van der Waals surface area (Å²) in [5.41, 5.74) is 0.645. The van der Waals surface area contributed by atoms with E-state index in [9.17, 15) is 4.79 Å². The average Bonchev–Trinajstić information content (AvgIpc) is 2.14. The van der Waals surface area contributed by atoms with Crippen LogP contribution in [0.25, 0.3) is 0 Å². The van der Waals surface area contributed by atoms with E-state index in [1.807, 2.05) is 19.1 Å². The van der Waals surface area contributed by atoms with E-state index in [1.165, 1.54) is 0 Å². The van der Waals surface area contributed by atoms with Crippen LogP contribution in [0.4, 0.5) is 0 Å². The van der Waals surface area contributed by atoms with E-state index in [1.54, 1.807) is 6.07 Å². The van der Waals surface area contributed by atoms with Gasteiger partial charge >= 0.3 is 0 Å². The van der Waals surface area contributed by atoms with Crippen LogP contribution in [0.2, 0.25) is 0 Å². The predicted molar refractivity (Wildman–Crippen MR) is 72.6 cm³/mol. The third kappa shape index (κ3) is 4.25. The molecule has 1 unspecified atom stereocenters. The monoisotopic (exact) mass is 397 g/mol. The maximum Gasteiger partial charge on any atom is 0.252 e. The van der Waals surface area contributed by atoms with Crippen molar-refractivity contribution < 1.29 is 4.79 Å². The standard InChI is InChI=1S/C10H10Br3NO/c1-6(11)5-14-10(15)8-3-2-7(12)4-9(8)13/h2-4,6H,5H2,1H3,(H,14,15). The van der Waals surface area contributed by atoms with E-state index in [-0.39, 0.29) is 10.7 Å². The molecule has 1 N–H and O–H groups in total. The Morgan fingerprint density at radius 1 is 1.47 bits per heavy atom. The number of alkyl halides is 1. The highest BCUT2D eigenvalue weighted by molar-refractivity contribution is 9.11. The zero-order chi connectivity index (χ0) is 11.4. The van der Waals surface area contributed by atoms with Crippen LogP contribution in [0.15, 0.2) is 27.1 Å². The van der Waals surface area contributed by atoms with Crippen molar-refractivity contribution in [1.82, 2.24) is 5.32 Å². The molecule has 0 aliphatic carbocycles. The number of halogens is 3. The Bertz CT molecular complexity index is 366. The SMILES string of the molecule is CC(Br)CNC(=O)c1ccc(Br)cc1Br. The summed E-state index contributed by atoms with van der Waals surface area (Å²) < 4.78 is 1.73. The highest BCUT2D eigenvalue weighted by Crippen LogP contribution is 2.21.